The molecule has 100 valence electrons. The molecule has 2 unspecified atom stereocenters. The van der Waals surface area contributed by atoms with Crippen molar-refractivity contribution in [1.82, 2.24) is 5.32 Å². The van der Waals surface area contributed by atoms with Gasteiger partial charge in [0.05, 0.1) is 6.61 Å². The Bertz CT molecular complexity index is 393. The predicted molar refractivity (Wildman–Crippen MR) is 71.5 cm³/mol. The highest BCUT2D eigenvalue weighted by Crippen LogP contribution is 2.22. The van der Waals surface area contributed by atoms with Gasteiger partial charge < -0.3 is 10.1 Å². The van der Waals surface area contributed by atoms with Crippen molar-refractivity contribution in [3.63, 3.8) is 0 Å². The molecule has 0 spiro atoms. The van der Waals surface area contributed by atoms with Crippen LogP contribution in [0.1, 0.15) is 18.4 Å². The van der Waals surface area contributed by atoms with Crippen LogP contribution in [0.25, 0.3) is 0 Å². The Balaban J connectivity index is 2.04. The first kappa shape index (κ1) is 13.8. The number of hydrogen-bond donors (Lipinski definition) is 1. The molecule has 0 bridgehead atoms. The lowest BCUT2D eigenvalue weighted by molar-refractivity contribution is 0.0404. The quantitative estimate of drug-likeness (QED) is 0.909. The van der Waals surface area contributed by atoms with Crippen LogP contribution in [-0.4, -0.2) is 26.3 Å². The minimum atomic E-state index is -0.223. The van der Waals surface area contributed by atoms with E-state index < -0.39 is 0 Å². The van der Waals surface area contributed by atoms with Crippen molar-refractivity contribution in [2.24, 2.45) is 5.92 Å². The topological polar surface area (TPSA) is 21.3 Å². The highest BCUT2D eigenvalue weighted by atomic mass is 35.5. The molecule has 1 aromatic carbocycles. The van der Waals surface area contributed by atoms with Crippen LogP contribution in [0, 0.1) is 11.7 Å². The third-order valence-electron chi connectivity index (χ3n) is 3.59. The zero-order valence-electron chi connectivity index (χ0n) is 10.6. The molecule has 4 heteroatoms. The summed E-state index contributed by atoms with van der Waals surface area (Å²) in [7, 11) is 1.92. The summed E-state index contributed by atoms with van der Waals surface area (Å²) in [5.41, 5.74) is 0.712. The van der Waals surface area contributed by atoms with E-state index in [2.05, 4.69) is 5.32 Å². The number of nitrogens with one attached hydrogen (secondary N) is 1. The van der Waals surface area contributed by atoms with Gasteiger partial charge in [-0.05, 0) is 49.9 Å². The van der Waals surface area contributed by atoms with Crippen molar-refractivity contribution in [3.05, 3.63) is 34.6 Å². The van der Waals surface area contributed by atoms with E-state index in [4.69, 9.17) is 16.3 Å². The summed E-state index contributed by atoms with van der Waals surface area (Å²) in [6.07, 6.45) is 2.90. The predicted octanol–water partition coefficient (Wildman–Crippen LogP) is 3.04. The molecule has 1 aliphatic heterocycles. The fourth-order valence-electron chi connectivity index (χ4n) is 2.51. The molecule has 1 N–H and O–H groups in total. The van der Waals surface area contributed by atoms with Gasteiger partial charge in [-0.2, -0.15) is 0 Å². The molecule has 2 atom stereocenters. The summed E-state index contributed by atoms with van der Waals surface area (Å²) in [6, 6.07) is 5.14. The van der Waals surface area contributed by atoms with E-state index in [1.54, 1.807) is 12.1 Å². The second-order valence-corrected chi connectivity index (χ2v) is 5.25. The summed E-state index contributed by atoms with van der Waals surface area (Å²) in [5.74, 6) is 0.235. The Morgan fingerprint density at radius 1 is 1.56 bits per heavy atom. The smallest absolute Gasteiger partial charge is 0.127 e. The van der Waals surface area contributed by atoms with Gasteiger partial charge in [0.1, 0.15) is 5.82 Å². The highest BCUT2D eigenvalue weighted by molar-refractivity contribution is 6.30. The molecule has 1 fully saturated rings. The molecule has 1 aromatic rings. The first-order chi connectivity index (χ1) is 8.70. The Morgan fingerprint density at radius 2 is 2.39 bits per heavy atom. The molecule has 1 saturated heterocycles. The Labute approximate surface area is 112 Å². The molecule has 18 heavy (non-hydrogen) atoms. The molecule has 1 aliphatic rings. The SMILES string of the molecule is CNC(Cc1ccc(Cl)cc1F)C1CCCOC1. The molecule has 1 heterocycles. The van der Waals surface area contributed by atoms with Crippen LogP contribution >= 0.6 is 11.6 Å². The molecule has 0 aromatic heterocycles. The minimum absolute atomic E-state index is 0.223. The summed E-state index contributed by atoms with van der Waals surface area (Å²) in [5, 5.41) is 3.73. The lowest BCUT2D eigenvalue weighted by Gasteiger charge is -2.30. The first-order valence-electron chi connectivity index (χ1n) is 6.39. The van der Waals surface area contributed by atoms with Gasteiger partial charge in [0, 0.05) is 17.7 Å². The van der Waals surface area contributed by atoms with Crippen LogP contribution in [0.15, 0.2) is 18.2 Å². The van der Waals surface area contributed by atoms with Gasteiger partial charge >= 0.3 is 0 Å². The second-order valence-electron chi connectivity index (χ2n) is 4.81. The van der Waals surface area contributed by atoms with Crippen molar-refractivity contribution < 1.29 is 9.13 Å². The zero-order chi connectivity index (χ0) is 13.0. The fraction of sp³-hybridized carbons (Fsp3) is 0.571. The highest BCUT2D eigenvalue weighted by Gasteiger charge is 2.24. The van der Waals surface area contributed by atoms with E-state index in [9.17, 15) is 4.39 Å². The Hall–Kier alpha value is -0.640. The van der Waals surface area contributed by atoms with E-state index in [0.717, 1.165) is 26.1 Å². The molecule has 2 nitrogen and oxygen atoms in total. The Morgan fingerprint density at radius 3 is 3.00 bits per heavy atom. The van der Waals surface area contributed by atoms with Crippen LogP contribution in [0.5, 0.6) is 0 Å². The van der Waals surface area contributed by atoms with Crippen molar-refractivity contribution in [3.8, 4) is 0 Å². The van der Waals surface area contributed by atoms with Crippen LogP contribution in [0.3, 0.4) is 0 Å². The van der Waals surface area contributed by atoms with Gasteiger partial charge in [-0.15, -0.1) is 0 Å². The summed E-state index contributed by atoms with van der Waals surface area (Å²) in [6.45, 7) is 1.61. The lowest BCUT2D eigenvalue weighted by Crippen LogP contribution is -2.40. The molecular weight excluding hydrogens is 253 g/mol. The van der Waals surface area contributed by atoms with Crippen LogP contribution < -0.4 is 5.32 Å². The average Bonchev–Trinajstić information content (AvgIpc) is 2.39. The molecule has 0 radical (unpaired) electrons. The van der Waals surface area contributed by atoms with Gasteiger partial charge in [-0.1, -0.05) is 17.7 Å². The van der Waals surface area contributed by atoms with Gasteiger partial charge in [0.2, 0.25) is 0 Å². The summed E-state index contributed by atoms with van der Waals surface area (Å²) < 4.78 is 19.3. The van der Waals surface area contributed by atoms with Gasteiger partial charge in [0.15, 0.2) is 0 Å². The van der Waals surface area contributed by atoms with Crippen molar-refractivity contribution in [2.75, 3.05) is 20.3 Å². The standard InChI is InChI=1S/C14H19ClFNO/c1-17-14(11-3-2-6-18-9-11)7-10-4-5-12(15)8-13(10)16/h4-5,8,11,14,17H,2-3,6-7,9H2,1H3. The van der Waals surface area contributed by atoms with Crippen molar-refractivity contribution >= 4 is 11.6 Å². The van der Waals surface area contributed by atoms with Gasteiger partial charge in [-0.25, -0.2) is 4.39 Å². The van der Waals surface area contributed by atoms with E-state index >= 15 is 0 Å². The number of halogens is 2. The fourth-order valence-corrected chi connectivity index (χ4v) is 2.67. The third-order valence-corrected chi connectivity index (χ3v) is 3.83. The number of rotatable bonds is 4. The normalized spacial score (nSPS) is 21.8. The molecule has 0 aliphatic carbocycles. The monoisotopic (exact) mass is 271 g/mol. The summed E-state index contributed by atoms with van der Waals surface area (Å²) in [4.78, 5) is 0. The van der Waals surface area contributed by atoms with E-state index in [0.29, 0.717) is 22.9 Å². The third kappa shape index (κ3) is 3.44. The number of likely N-dealkylation sites (N-methyl/N-ethyl adjacent to an activating group) is 1. The second kappa shape index (κ2) is 6.50. The van der Waals surface area contributed by atoms with Gasteiger partial charge in [-0.3, -0.25) is 0 Å². The van der Waals surface area contributed by atoms with Gasteiger partial charge in [0.25, 0.3) is 0 Å². The number of hydrogen-bond acceptors (Lipinski definition) is 2. The average molecular weight is 272 g/mol. The maximum Gasteiger partial charge on any atom is 0.127 e. The molecular formula is C14H19ClFNO. The maximum atomic E-state index is 13.8. The minimum Gasteiger partial charge on any atom is -0.381 e. The first-order valence-corrected chi connectivity index (χ1v) is 6.77. The summed E-state index contributed by atoms with van der Waals surface area (Å²) >= 11 is 5.76. The van der Waals surface area contributed by atoms with E-state index in [-0.39, 0.29) is 11.9 Å². The van der Waals surface area contributed by atoms with Crippen LogP contribution in [0.2, 0.25) is 5.02 Å². The lowest BCUT2D eigenvalue weighted by atomic mass is 9.89. The molecule has 2 rings (SSSR count). The van der Waals surface area contributed by atoms with E-state index in [1.165, 1.54) is 6.07 Å². The molecule has 0 saturated carbocycles. The largest absolute Gasteiger partial charge is 0.381 e. The Kier molecular flexibility index (Phi) is 4.98. The van der Waals surface area contributed by atoms with Crippen LogP contribution in [-0.2, 0) is 11.2 Å². The van der Waals surface area contributed by atoms with Crippen molar-refractivity contribution in [1.29, 1.82) is 0 Å². The van der Waals surface area contributed by atoms with E-state index in [1.807, 2.05) is 7.05 Å². The zero-order valence-corrected chi connectivity index (χ0v) is 11.3. The molecule has 0 amide bonds. The van der Waals surface area contributed by atoms with Crippen LogP contribution in [0.4, 0.5) is 4.39 Å². The number of benzene rings is 1. The maximum absolute atomic E-state index is 13.8. The van der Waals surface area contributed by atoms with Crippen molar-refractivity contribution in [2.45, 2.75) is 25.3 Å². The number of ether oxygens (including phenoxy) is 1.